The van der Waals surface area contributed by atoms with Crippen molar-refractivity contribution in [1.82, 2.24) is 0 Å². The third kappa shape index (κ3) is 111. The van der Waals surface area contributed by atoms with E-state index in [1.807, 2.05) is 0 Å². The molecule has 792 valence electrons. The number of carbonyl (C=O) groups is 3. The molecule has 5 atom stereocenters. The molecule has 0 saturated heterocycles. The Hall–Kier alpha value is -4.83. The SMILES string of the molecule is CC/C=C\C/C=C\C/C=C\C/C=C\C/C=C\CCCCCCCCCCCCCCCCCCCCCC(=O)OCC(O)COP(=O)(O)OCC(O)COP(=O)(O)OCC(COC(=O)CCCCCCCCCCCCCCCCCCC/C=C\C/C=C\C/C=C\C/C=C\CCCCC)OC(=O)CCCCCCCCCCCCCCCCCCC/C=C\C/C=C\C/C=C\C/C=C\CCCCC. The highest BCUT2D eigenvalue weighted by atomic mass is 31.2. The largest absolute Gasteiger partial charge is 0.472 e. The molecule has 0 bridgehead atoms. The van der Waals surface area contributed by atoms with Gasteiger partial charge in [0.15, 0.2) is 6.10 Å². The molecule has 16 nitrogen and oxygen atoms in total. The number of hydrogen-bond acceptors (Lipinski definition) is 14. The molecule has 0 amide bonds. The molecular formula is C119H210O16P2. The molecule has 18 heteroatoms. The normalized spacial score (nSPS) is 14.1. The van der Waals surface area contributed by atoms with Crippen molar-refractivity contribution in [2.45, 2.75) is 540 Å². The minimum Gasteiger partial charge on any atom is -0.463 e. The standard InChI is InChI=1S/C119H210O16P2/c1-4-7-10-13-16-19-22-25-28-31-34-37-40-43-46-49-52-55-56-59-61-63-66-69-72-75-78-81-84-87-90-93-96-99-102-105-117(122)129-108-114(120)109-131-136(125,126)132-110-115(121)111-133-137(127,128)134-113-116(135-119(124)107-104-101-98-95-92-89-86-83-80-77-74-71-68-65-62-58-54-51-48-45-42-39-36-33-30-27-24-21-18-15-12-9-6-3)112-130-118(123)106-103-100-97-94-91-88-85-82-79-76-73-70-67-64-60-57-53-50-47-44-41-38-35-32-29-26-23-20-17-14-11-8-5-2/h7,10,16-21,25-30,34-39,43-48,114-116,120-121H,4-6,8-9,11-15,22-24,31-33,40-42,49-113H2,1-3H3,(H,125,126)(H,127,128)/b10-7-,19-16-,20-17-,21-18-,28-25-,29-26-,30-27-,37-34-,38-35-,39-36-,46-43-,47-44-,48-45-. The first-order valence-corrected chi connectivity index (χ1v) is 59.8. The van der Waals surface area contributed by atoms with E-state index in [4.69, 9.17) is 32.3 Å². The second-order valence-corrected chi connectivity index (χ2v) is 41.1. The Balaban J connectivity index is 4.58. The molecule has 0 fully saturated rings. The van der Waals surface area contributed by atoms with Crippen LogP contribution >= 0.6 is 15.6 Å². The second kappa shape index (κ2) is 110. The quantitative estimate of drug-likeness (QED) is 0.0146. The Morgan fingerprint density at radius 3 is 0.613 bits per heavy atom. The minimum atomic E-state index is -4.95. The van der Waals surface area contributed by atoms with Gasteiger partial charge in [0.25, 0.3) is 0 Å². The average Bonchev–Trinajstić information content (AvgIpc) is 0.896. The zero-order valence-electron chi connectivity index (χ0n) is 88.2. The van der Waals surface area contributed by atoms with Crippen LogP contribution < -0.4 is 0 Å². The molecule has 4 N–H and O–H groups in total. The van der Waals surface area contributed by atoms with Gasteiger partial charge >= 0.3 is 33.6 Å². The number of aliphatic hydroxyl groups excluding tert-OH is 2. The predicted molar refractivity (Wildman–Crippen MR) is 583 cm³/mol. The fourth-order valence-electron chi connectivity index (χ4n) is 16.2. The molecule has 0 spiro atoms. The van der Waals surface area contributed by atoms with Crippen LogP contribution in [0.5, 0.6) is 0 Å². The van der Waals surface area contributed by atoms with E-state index < -0.39 is 91.5 Å². The fraction of sp³-hybridized carbons (Fsp3) is 0.756. The van der Waals surface area contributed by atoms with Gasteiger partial charge in [-0.05, 0) is 154 Å². The predicted octanol–water partition coefficient (Wildman–Crippen LogP) is 36.7. The fourth-order valence-corrected chi connectivity index (χ4v) is 17.7. The number of aliphatic hydroxyl groups is 2. The maximum atomic E-state index is 13.2. The van der Waals surface area contributed by atoms with Gasteiger partial charge in [-0.2, -0.15) is 0 Å². The molecular weight excluding hydrogens is 1750 g/mol. The maximum absolute atomic E-state index is 13.2. The summed E-state index contributed by atoms with van der Waals surface area (Å²) in [5.74, 6) is -1.54. The van der Waals surface area contributed by atoms with Crippen LogP contribution in [0.1, 0.15) is 522 Å². The van der Waals surface area contributed by atoms with Crippen molar-refractivity contribution in [2.24, 2.45) is 0 Å². The van der Waals surface area contributed by atoms with E-state index in [0.29, 0.717) is 19.3 Å². The van der Waals surface area contributed by atoms with Gasteiger partial charge < -0.3 is 34.2 Å². The van der Waals surface area contributed by atoms with E-state index in [9.17, 15) is 43.5 Å². The number of carbonyl (C=O) groups excluding carboxylic acids is 3. The lowest BCUT2D eigenvalue weighted by Gasteiger charge is -2.21. The van der Waals surface area contributed by atoms with Crippen LogP contribution in [-0.2, 0) is 55.8 Å². The first-order chi connectivity index (χ1) is 67.2. The average molecular weight is 1960 g/mol. The maximum Gasteiger partial charge on any atom is 0.472 e. The molecule has 0 aliphatic heterocycles. The zero-order valence-corrected chi connectivity index (χ0v) is 90.0. The van der Waals surface area contributed by atoms with Gasteiger partial charge in [0.1, 0.15) is 25.4 Å². The van der Waals surface area contributed by atoms with Crippen LogP contribution in [0.2, 0.25) is 0 Å². The summed E-state index contributed by atoms with van der Waals surface area (Å²) in [4.78, 5) is 59.4. The highest BCUT2D eigenvalue weighted by Gasteiger charge is 2.30. The summed E-state index contributed by atoms with van der Waals surface area (Å²) in [6.07, 6.45) is 145. The van der Waals surface area contributed by atoms with E-state index in [1.165, 1.54) is 327 Å². The van der Waals surface area contributed by atoms with E-state index >= 15 is 0 Å². The van der Waals surface area contributed by atoms with E-state index in [2.05, 4.69) is 179 Å². The molecule has 0 radical (unpaired) electrons. The van der Waals surface area contributed by atoms with E-state index in [-0.39, 0.29) is 19.3 Å². The van der Waals surface area contributed by atoms with Gasteiger partial charge in [-0.25, -0.2) is 9.13 Å². The summed E-state index contributed by atoms with van der Waals surface area (Å²) in [5, 5.41) is 20.8. The lowest BCUT2D eigenvalue weighted by molar-refractivity contribution is -0.161. The Bertz CT molecular complexity index is 3120. The van der Waals surface area contributed by atoms with Gasteiger partial charge in [0.05, 0.1) is 26.4 Å². The van der Waals surface area contributed by atoms with E-state index in [1.54, 1.807) is 0 Å². The molecule has 0 rings (SSSR count). The van der Waals surface area contributed by atoms with Crippen molar-refractivity contribution in [2.75, 3.05) is 39.6 Å². The smallest absolute Gasteiger partial charge is 0.463 e. The first-order valence-electron chi connectivity index (χ1n) is 56.8. The summed E-state index contributed by atoms with van der Waals surface area (Å²) < 4.78 is 61.9. The summed E-state index contributed by atoms with van der Waals surface area (Å²) >= 11 is 0. The van der Waals surface area contributed by atoms with Crippen molar-refractivity contribution in [3.63, 3.8) is 0 Å². The highest BCUT2D eigenvalue weighted by Crippen LogP contribution is 2.45. The van der Waals surface area contributed by atoms with Crippen LogP contribution in [0.25, 0.3) is 0 Å². The first kappa shape index (κ1) is 132. The summed E-state index contributed by atoms with van der Waals surface area (Å²) in [7, 11) is -9.82. The molecule has 0 aromatic carbocycles. The molecule has 0 saturated carbocycles. The molecule has 0 heterocycles. The van der Waals surface area contributed by atoms with Crippen LogP contribution in [0, 0.1) is 0 Å². The van der Waals surface area contributed by atoms with Crippen molar-refractivity contribution >= 4 is 33.6 Å². The number of ether oxygens (including phenoxy) is 3. The van der Waals surface area contributed by atoms with Crippen molar-refractivity contribution in [1.29, 1.82) is 0 Å². The number of phosphoric acid groups is 2. The minimum absolute atomic E-state index is 0.106. The van der Waals surface area contributed by atoms with Gasteiger partial charge in [0.2, 0.25) is 0 Å². The lowest BCUT2D eigenvalue weighted by Crippen LogP contribution is -2.30. The van der Waals surface area contributed by atoms with Gasteiger partial charge in [0, 0.05) is 19.3 Å². The lowest BCUT2D eigenvalue weighted by atomic mass is 10.0. The topological polar surface area (TPSA) is 231 Å². The molecule has 0 aliphatic carbocycles. The Kier molecular flexibility index (Phi) is 106. The van der Waals surface area contributed by atoms with E-state index in [0.717, 1.165) is 135 Å². The number of allylic oxidation sites excluding steroid dienone is 26. The monoisotopic (exact) mass is 1960 g/mol. The van der Waals surface area contributed by atoms with Crippen LogP contribution in [0.15, 0.2) is 158 Å². The zero-order chi connectivity index (χ0) is 99.2. The number of esters is 3. The molecule has 5 unspecified atom stereocenters. The van der Waals surface area contributed by atoms with Gasteiger partial charge in [-0.15, -0.1) is 0 Å². The summed E-state index contributed by atoms with van der Waals surface area (Å²) in [6, 6.07) is 0. The summed E-state index contributed by atoms with van der Waals surface area (Å²) in [5.41, 5.74) is 0. The van der Waals surface area contributed by atoms with Crippen LogP contribution in [0.4, 0.5) is 0 Å². The van der Waals surface area contributed by atoms with Crippen molar-refractivity contribution in [3.8, 4) is 0 Å². The Labute approximate surface area is 841 Å². The second-order valence-electron chi connectivity index (χ2n) is 38.1. The number of phosphoric ester groups is 2. The Morgan fingerprint density at radius 1 is 0.212 bits per heavy atom. The molecule has 0 aliphatic rings. The third-order valence-corrected chi connectivity index (χ3v) is 26.6. The number of rotatable bonds is 108. The third-order valence-electron chi connectivity index (χ3n) is 24.7. The van der Waals surface area contributed by atoms with Gasteiger partial charge in [-0.3, -0.25) is 32.5 Å². The number of hydrogen-bond donors (Lipinski definition) is 4. The summed E-state index contributed by atoms with van der Waals surface area (Å²) in [6.45, 7) is 2.63. The Morgan fingerprint density at radius 2 is 0.387 bits per heavy atom. The van der Waals surface area contributed by atoms with Crippen molar-refractivity contribution in [3.05, 3.63) is 158 Å². The number of unbranched alkanes of at least 4 members (excludes halogenated alkanes) is 59. The molecule has 0 aromatic heterocycles. The molecule has 0 aromatic rings. The van der Waals surface area contributed by atoms with Crippen molar-refractivity contribution < 1.29 is 75.8 Å². The molecule has 137 heavy (non-hydrogen) atoms. The van der Waals surface area contributed by atoms with Crippen LogP contribution in [-0.4, -0.2) is 95.9 Å². The van der Waals surface area contributed by atoms with Gasteiger partial charge in [-0.1, -0.05) is 506 Å². The van der Waals surface area contributed by atoms with Crippen LogP contribution in [0.3, 0.4) is 0 Å². The highest BCUT2D eigenvalue weighted by molar-refractivity contribution is 7.47.